The molecule has 0 saturated carbocycles. The highest BCUT2D eigenvalue weighted by atomic mass is 35.5. The van der Waals surface area contributed by atoms with Crippen LogP contribution in [0.4, 0.5) is 11.4 Å². The number of rotatable bonds is 5. The van der Waals surface area contributed by atoms with Crippen LogP contribution in [0.25, 0.3) is 0 Å². The molecule has 0 bridgehead atoms. The number of carbonyl (C=O) groups excluding carboxylic acids is 1. The van der Waals surface area contributed by atoms with E-state index in [-0.39, 0.29) is 5.91 Å². The smallest absolute Gasteiger partial charge is 0.274 e. The maximum absolute atomic E-state index is 12.4. The summed E-state index contributed by atoms with van der Waals surface area (Å²) in [5.74, 6) is -0.274. The molecule has 2 aromatic carbocycles. The van der Waals surface area contributed by atoms with Crippen LogP contribution in [-0.2, 0) is 6.54 Å². The number of halogens is 1. The van der Waals surface area contributed by atoms with Crippen molar-refractivity contribution in [2.75, 3.05) is 10.6 Å². The highest BCUT2D eigenvalue weighted by Crippen LogP contribution is 2.20. The zero-order valence-electron chi connectivity index (χ0n) is 14.7. The molecule has 1 heterocycles. The Balaban J connectivity index is 1.67. The lowest BCUT2D eigenvalue weighted by atomic mass is 10.1. The summed E-state index contributed by atoms with van der Waals surface area (Å²) in [6, 6.07) is 17.3. The summed E-state index contributed by atoms with van der Waals surface area (Å²) in [6.07, 6.45) is 1.62. The lowest BCUT2D eigenvalue weighted by Gasteiger charge is -2.10. The van der Waals surface area contributed by atoms with Gasteiger partial charge in [-0.05, 0) is 49.2 Å². The molecule has 0 fully saturated rings. The van der Waals surface area contributed by atoms with E-state index in [9.17, 15) is 4.79 Å². The zero-order chi connectivity index (χ0) is 18.5. The molecule has 5 heteroatoms. The van der Waals surface area contributed by atoms with Crippen LogP contribution in [0.15, 0.2) is 60.8 Å². The predicted octanol–water partition coefficient (Wildman–Crippen LogP) is 5.22. The number of hydrogen-bond acceptors (Lipinski definition) is 3. The van der Waals surface area contributed by atoms with E-state index in [1.54, 1.807) is 18.3 Å². The number of carbonyl (C=O) groups is 1. The van der Waals surface area contributed by atoms with Crippen molar-refractivity contribution in [2.24, 2.45) is 0 Å². The average molecular weight is 366 g/mol. The minimum Gasteiger partial charge on any atom is -0.381 e. The van der Waals surface area contributed by atoms with E-state index in [1.807, 2.05) is 31.2 Å². The molecule has 0 aliphatic carbocycles. The van der Waals surface area contributed by atoms with Gasteiger partial charge >= 0.3 is 0 Å². The van der Waals surface area contributed by atoms with Crippen molar-refractivity contribution >= 4 is 28.9 Å². The molecular weight excluding hydrogens is 346 g/mol. The molecule has 0 spiro atoms. The number of nitrogens with zero attached hydrogens (tertiary/aromatic N) is 1. The van der Waals surface area contributed by atoms with Gasteiger partial charge < -0.3 is 10.6 Å². The van der Waals surface area contributed by atoms with Gasteiger partial charge in [0, 0.05) is 29.1 Å². The van der Waals surface area contributed by atoms with E-state index in [4.69, 9.17) is 11.6 Å². The van der Waals surface area contributed by atoms with Crippen LogP contribution in [0.1, 0.15) is 27.2 Å². The molecular formula is C21H20ClN3O. The van der Waals surface area contributed by atoms with Gasteiger partial charge in [0.1, 0.15) is 5.69 Å². The maximum Gasteiger partial charge on any atom is 0.274 e. The largest absolute Gasteiger partial charge is 0.381 e. The quantitative estimate of drug-likeness (QED) is 0.652. The van der Waals surface area contributed by atoms with Gasteiger partial charge in [-0.25, -0.2) is 0 Å². The Labute approximate surface area is 158 Å². The van der Waals surface area contributed by atoms with Crippen molar-refractivity contribution in [1.29, 1.82) is 0 Å². The van der Waals surface area contributed by atoms with E-state index in [1.165, 1.54) is 11.1 Å². The molecule has 0 saturated heterocycles. The summed E-state index contributed by atoms with van der Waals surface area (Å²) in [5.41, 5.74) is 5.19. The minimum absolute atomic E-state index is 0.274. The lowest BCUT2D eigenvalue weighted by molar-refractivity contribution is 0.102. The van der Waals surface area contributed by atoms with Crippen LogP contribution < -0.4 is 10.6 Å². The molecule has 1 aromatic heterocycles. The Morgan fingerprint density at radius 3 is 2.65 bits per heavy atom. The summed E-state index contributed by atoms with van der Waals surface area (Å²) in [6.45, 7) is 4.66. The second kappa shape index (κ2) is 8.02. The summed E-state index contributed by atoms with van der Waals surface area (Å²) in [7, 11) is 0. The molecule has 1 amide bonds. The monoisotopic (exact) mass is 365 g/mol. The maximum atomic E-state index is 12.4. The van der Waals surface area contributed by atoms with Crippen LogP contribution in [-0.4, -0.2) is 10.9 Å². The molecule has 132 valence electrons. The second-order valence-corrected chi connectivity index (χ2v) is 6.60. The normalized spacial score (nSPS) is 10.4. The van der Waals surface area contributed by atoms with Crippen LogP contribution >= 0.6 is 11.6 Å². The third kappa shape index (κ3) is 4.61. The number of hydrogen-bond donors (Lipinski definition) is 2. The molecule has 0 aliphatic heterocycles. The number of amides is 1. The van der Waals surface area contributed by atoms with Crippen LogP contribution in [0.5, 0.6) is 0 Å². The van der Waals surface area contributed by atoms with Crippen molar-refractivity contribution < 1.29 is 4.79 Å². The van der Waals surface area contributed by atoms with Crippen LogP contribution in [0.3, 0.4) is 0 Å². The molecule has 26 heavy (non-hydrogen) atoms. The van der Waals surface area contributed by atoms with Crippen LogP contribution in [0, 0.1) is 13.8 Å². The summed E-state index contributed by atoms with van der Waals surface area (Å²) in [4.78, 5) is 16.6. The lowest BCUT2D eigenvalue weighted by Crippen LogP contribution is -2.14. The van der Waals surface area contributed by atoms with Gasteiger partial charge in [-0.15, -0.1) is 0 Å². The predicted molar refractivity (Wildman–Crippen MR) is 107 cm³/mol. The standard InChI is InChI=1S/C21H20ClN3O/c1-14-4-3-5-16(10-14)13-24-17-8-9-23-20(12-17)21(26)25-18-7-6-15(2)19(22)11-18/h3-12H,13H2,1-2H3,(H,23,24)(H,25,26). The molecule has 4 nitrogen and oxygen atoms in total. The van der Waals surface area contributed by atoms with Gasteiger partial charge in [0.2, 0.25) is 0 Å². The topological polar surface area (TPSA) is 54.0 Å². The van der Waals surface area contributed by atoms with E-state index >= 15 is 0 Å². The molecule has 3 rings (SSSR count). The van der Waals surface area contributed by atoms with Crippen molar-refractivity contribution in [3.8, 4) is 0 Å². The number of benzene rings is 2. The number of aryl methyl sites for hydroxylation is 2. The Morgan fingerprint density at radius 2 is 1.88 bits per heavy atom. The molecule has 2 N–H and O–H groups in total. The summed E-state index contributed by atoms with van der Waals surface area (Å²) in [5, 5.41) is 6.76. The van der Waals surface area contributed by atoms with Crippen LogP contribution in [0.2, 0.25) is 5.02 Å². The fraction of sp³-hybridized carbons (Fsp3) is 0.143. The Bertz CT molecular complexity index is 940. The number of nitrogens with one attached hydrogen (secondary N) is 2. The summed E-state index contributed by atoms with van der Waals surface area (Å²) >= 11 is 6.10. The second-order valence-electron chi connectivity index (χ2n) is 6.19. The minimum atomic E-state index is -0.274. The first-order valence-corrected chi connectivity index (χ1v) is 8.72. The van der Waals surface area contributed by atoms with Gasteiger partial charge in [0.15, 0.2) is 0 Å². The fourth-order valence-electron chi connectivity index (χ4n) is 2.56. The van der Waals surface area contributed by atoms with Gasteiger partial charge in [-0.2, -0.15) is 0 Å². The third-order valence-electron chi connectivity index (χ3n) is 4.00. The van der Waals surface area contributed by atoms with Crippen molar-refractivity contribution in [1.82, 2.24) is 4.98 Å². The van der Waals surface area contributed by atoms with Gasteiger partial charge in [-0.3, -0.25) is 9.78 Å². The number of anilines is 2. The van der Waals surface area contributed by atoms with E-state index in [0.29, 0.717) is 22.9 Å². The summed E-state index contributed by atoms with van der Waals surface area (Å²) < 4.78 is 0. The first kappa shape index (κ1) is 18.0. The van der Waals surface area contributed by atoms with Gasteiger partial charge in [-0.1, -0.05) is 47.5 Å². The zero-order valence-corrected chi connectivity index (χ0v) is 15.5. The molecule has 3 aromatic rings. The molecule has 0 aliphatic rings. The SMILES string of the molecule is Cc1cccc(CNc2ccnc(C(=O)Nc3ccc(C)c(Cl)c3)c2)c1. The third-order valence-corrected chi connectivity index (χ3v) is 4.41. The van der Waals surface area contributed by atoms with Crippen molar-refractivity contribution in [3.63, 3.8) is 0 Å². The highest BCUT2D eigenvalue weighted by Gasteiger charge is 2.09. The Hall–Kier alpha value is -2.85. The highest BCUT2D eigenvalue weighted by molar-refractivity contribution is 6.31. The molecule has 0 unspecified atom stereocenters. The fourth-order valence-corrected chi connectivity index (χ4v) is 2.74. The first-order chi connectivity index (χ1) is 12.5. The first-order valence-electron chi connectivity index (χ1n) is 8.34. The van der Waals surface area contributed by atoms with Gasteiger partial charge in [0.25, 0.3) is 5.91 Å². The van der Waals surface area contributed by atoms with E-state index < -0.39 is 0 Å². The Kier molecular flexibility index (Phi) is 5.54. The van der Waals surface area contributed by atoms with Crippen molar-refractivity contribution in [2.45, 2.75) is 20.4 Å². The molecule has 0 atom stereocenters. The molecule has 0 radical (unpaired) electrons. The average Bonchev–Trinajstić information content (AvgIpc) is 2.63. The number of aromatic nitrogens is 1. The van der Waals surface area contributed by atoms with Crippen molar-refractivity contribution in [3.05, 3.63) is 88.2 Å². The van der Waals surface area contributed by atoms with Gasteiger partial charge in [0.05, 0.1) is 0 Å². The Morgan fingerprint density at radius 1 is 1.04 bits per heavy atom. The van der Waals surface area contributed by atoms with E-state index in [2.05, 4.69) is 40.7 Å². The van der Waals surface area contributed by atoms with E-state index in [0.717, 1.165) is 11.3 Å². The number of pyridine rings is 1.